The molecule has 1 aliphatic heterocycles. The van der Waals surface area contributed by atoms with Gasteiger partial charge in [-0.3, -0.25) is 10.1 Å². The molecule has 18 heavy (non-hydrogen) atoms. The fourth-order valence-corrected chi connectivity index (χ4v) is 2.21. The lowest BCUT2D eigenvalue weighted by atomic mass is 10.0. The monoisotopic (exact) mass is 250 g/mol. The highest BCUT2D eigenvalue weighted by molar-refractivity contribution is 5.45. The first-order valence-electron chi connectivity index (χ1n) is 6.37. The number of piperidine rings is 1. The van der Waals surface area contributed by atoms with Gasteiger partial charge in [0.15, 0.2) is 5.75 Å². The quantitative estimate of drug-likeness (QED) is 0.644. The van der Waals surface area contributed by atoms with Gasteiger partial charge < -0.3 is 10.1 Å². The summed E-state index contributed by atoms with van der Waals surface area (Å²) in [5.41, 5.74) is 0.0362. The summed E-state index contributed by atoms with van der Waals surface area (Å²) in [7, 11) is 0. The molecule has 0 spiro atoms. The molecular weight excluding hydrogens is 232 g/mol. The third-order valence-corrected chi connectivity index (χ3v) is 3.20. The zero-order valence-electron chi connectivity index (χ0n) is 10.3. The summed E-state index contributed by atoms with van der Waals surface area (Å²) in [5, 5.41) is 14.2. The van der Waals surface area contributed by atoms with Gasteiger partial charge in [-0.2, -0.15) is 0 Å². The normalized spacial score (nSPS) is 19.4. The SMILES string of the molecule is O=[N+]([O-])c1ccccc1OCC[C@@H]1CCCCN1. The number of nitro benzene ring substituents is 1. The largest absolute Gasteiger partial charge is 0.487 e. The molecule has 1 aliphatic rings. The molecule has 0 amide bonds. The van der Waals surface area contributed by atoms with Gasteiger partial charge in [0.2, 0.25) is 0 Å². The number of rotatable bonds is 5. The minimum Gasteiger partial charge on any atom is -0.487 e. The minimum atomic E-state index is -0.409. The van der Waals surface area contributed by atoms with Gasteiger partial charge in [-0.1, -0.05) is 18.6 Å². The van der Waals surface area contributed by atoms with Crippen LogP contribution < -0.4 is 10.1 Å². The molecule has 0 aliphatic carbocycles. The van der Waals surface area contributed by atoms with E-state index < -0.39 is 4.92 Å². The van der Waals surface area contributed by atoms with Crippen LogP contribution in [0.2, 0.25) is 0 Å². The average molecular weight is 250 g/mol. The molecule has 0 aromatic heterocycles. The van der Waals surface area contributed by atoms with Crippen LogP contribution in [0.5, 0.6) is 5.75 Å². The Labute approximate surface area is 106 Å². The molecule has 98 valence electrons. The van der Waals surface area contributed by atoms with E-state index in [2.05, 4.69) is 5.32 Å². The second-order valence-electron chi connectivity index (χ2n) is 4.51. The van der Waals surface area contributed by atoms with Gasteiger partial charge in [-0.25, -0.2) is 0 Å². The first-order chi connectivity index (χ1) is 8.77. The third-order valence-electron chi connectivity index (χ3n) is 3.20. The molecule has 5 heteroatoms. The zero-order valence-corrected chi connectivity index (χ0v) is 10.3. The summed E-state index contributed by atoms with van der Waals surface area (Å²) < 4.78 is 5.52. The fraction of sp³-hybridized carbons (Fsp3) is 0.538. The van der Waals surface area contributed by atoms with E-state index in [0.717, 1.165) is 13.0 Å². The maximum absolute atomic E-state index is 10.8. The van der Waals surface area contributed by atoms with Gasteiger partial charge in [0, 0.05) is 12.1 Å². The Bertz CT molecular complexity index is 403. The van der Waals surface area contributed by atoms with Crippen molar-refractivity contribution in [3.63, 3.8) is 0 Å². The molecule has 0 bridgehead atoms. The Kier molecular flexibility index (Phi) is 4.52. The van der Waals surface area contributed by atoms with E-state index >= 15 is 0 Å². The molecule has 1 aromatic rings. The van der Waals surface area contributed by atoms with Gasteiger partial charge in [0.25, 0.3) is 0 Å². The van der Waals surface area contributed by atoms with Crippen LogP contribution in [0, 0.1) is 10.1 Å². The molecule has 1 N–H and O–H groups in total. The Morgan fingerprint density at radius 3 is 2.94 bits per heavy atom. The number of nitro groups is 1. The number of para-hydroxylation sites is 2. The topological polar surface area (TPSA) is 64.4 Å². The zero-order chi connectivity index (χ0) is 12.8. The van der Waals surface area contributed by atoms with Crippen molar-refractivity contribution >= 4 is 5.69 Å². The van der Waals surface area contributed by atoms with Gasteiger partial charge in [0.05, 0.1) is 11.5 Å². The molecule has 0 radical (unpaired) electrons. The molecule has 5 nitrogen and oxygen atoms in total. The molecule has 0 unspecified atom stereocenters. The second-order valence-corrected chi connectivity index (χ2v) is 4.51. The van der Waals surface area contributed by atoms with Gasteiger partial charge in [0.1, 0.15) is 0 Å². The summed E-state index contributed by atoms with van der Waals surface area (Å²) in [5.74, 6) is 0.360. The van der Waals surface area contributed by atoms with Crippen molar-refractivity contribution in [2.24, 2.45) is 0 Å². The van der Waals surface area contributed by atoms with Crippen LogP contribution in [0.15, 0.2) is 24.3 Å². The molecule has 2 rings (SSSR count). The average Bonchev–Trinajstić information content (AvgIpc) is 2.40. The lowest BCUT2D eigenvalue weighted by molar-refractivity contribution is -0.385. The summed E-state index contributed by atoms with van der Waals surface area (Å²) >= 11 is 0. The highest BCUT2D eigenvalue weighted by Crippen LogP contribution is 2.26. The van der Waals surface area contributed by atoms with Gasteiger partial charge >= 0.3 is 5.69 Å². The maximum atomic E-state index is 10.8. The van der Waals surface area contributed by atoms with Crippen LogP contribution in [0.25, 0.3) is 0 Å². The van der Waals surface area contributed by atoms with E-state index in [0.29, 0.717) is 18.4 Å². The fourth-order valence-electron chi connectivity index (χ4n) is 2.21. The molecule has 1 saturated heterocycles. The molecule has 0 saturated carbocycles. The van der Waals surface area contributed by atoms with Gasteiger partial charge in [-0.05, 0) is 31.9 Å². The van der Waals surface area contributed by atoms with E-state index in [-0.39, 0.29) is 5.69 Å². The number of ether oxygens (including phenoxy) is 1. The Morgan fingerprint density at radius 1 is 1.39 bits per heavy atom. The van der Waals surface area contributed by atoms with Gasteiger partial charge in [-0.15, -0.1) is 0 Å². The van der Waals surface area contributed by atoms with Crippen LogP contribution in [-0.2, 0) is 0 Å². The Morgan fingerprint density at radius 2 is 2.22 bits per heavy atom. The molecule has 1 aromatic carbocycles. The molecule has 1 fully saturated rings. The smallest absolute Gasteiger partial charge is 0.310 e. The van der Waals surface area contributed by atoms with Crippen LogP contribution in [0.4, 0.5) is 5.69 Å². The van der Waals surface area contributed by atoms with Crippen molar-refractivity contribution in [3.8, 4) is 5.75 Å². The second kappa shape index (κ2) is 6.35. The van der Waals surface area contributed by atoms with Crippen LogP contribution >= 0.6 is 0 Å². The van der Waals surface area contributed by atoms with Crippen molar-refractivity contribution in [2.75, 3.05) is 13.2 Å². The van der Waals surface area contributed by atoms with Crippen molar-refractivity contribution in [1.82, 2.24) is 5.32 Å². The Hall–Kier alpha value is -1.62. The molecule has 1 atom stereocenters. The highest BCUT2D eigenvalue weighted by atomic mass is 16.6. The number of hydrogen-bond acceptors (Lipinski definition) is 4. The summed E-state index contributed by atoms with van der Waals surface area (Å²) in [6, 6.07) is 7.00. The first-order valence-corrected chi connectivity index (χ1v) is 6.37. The summed E-state index contributed by atoms with van der Waals surface area (Å²) in [6.45, 7) is 1.58. The highest BCUT2D eigenvalue weighted by Gasteiger charge is 2.15. The van der Waals surface area contributed by atoms with Crippen molar-refractivity contribution in [3.05, 3.63) is 34.4 Å². The predicted molar refractivity (Wildman–Crippen MR) is 68.9 cm³/mol. The minimum absolute atomic E-state index is 0.0362. The van der Waals surface area contributed by atoms with Crippen molar-refractivity contribution in [1.29, 1.82) is 0 Å². The maximum Gasteiger partial charge on any atom is 0.310 e. The van der Waals surface area contributed by atoms with E-state index in [1.807, 2.05) is 0 Å². The lowest BCUT2D eigenvalue weighted by Crippen LogP contribution is -2.35. The van der Waals surface area contributed by atoms with Crippen LogP contribution in [0.1, 0.15) is 25.7 Å². The van der Waals surface area contributed by atoms with E-state index in [1.165, 1.54) is 25.3 Å². The standard InChI is InChI=1S/C13H18N2O3/c16-15(17)12-6-1-2-7-13(12)18-10-8-11-5-3-4-9-14-11/h1-2,6-7,11,14H,3-5,8-10H2/t11-/m0/s1. The molecular formula is C13H18N2O3. The van der Waals surface area contributed by atoms with E-state index in [4.69, 9.17) is 4.74 Å². The Balaban J connectivity index is 1.84. The molecule has 1 heterocycles. The van der Waals surface area contributed by atoms with E-state index in [1.54, 1.807) is 18.2 Å². The van der Waals surface area contributed by atoms with E-state index in [9.17, 15) is 10.1 Å². The number of benzene rings is 1. The van der Waals surface area contributed by atoms with Crippen LogP contribution in [0.3, 0.4) is 0 Å². The summed E-state index contributed by atoms with van der Waals surface area (Å²) in [4.78, 5) is 10.4. The lowest BCUT2D eigenvalue weighted by Gasteiger charge is -2.23. The number of nitrogens with one attached hydrogen (secondary N) is 1. The van der Waals surface area contributed by atoms with Crippen LogP contribution in [-0.4, -0.2) is 24.1 Å². The number of hydrogen-bond donors (Lipinski definition) is 1. The first kappa shape index (κ1) is 12.8. The third kappa shape index (κ3) is 3.43. The number of nitrogens with zero attached hydrogens (tertiary/aromatic N) is 1. The predicted octanol–water partition coefficient (Wildman–Crippen LogP) is 2.51. The summed E-state index contributed by atoms with van der Waals surface area (Å²) in [6.07, 6.45) is 4.55. The van der Waals surface area contributed by atoms with Crippen molar-refractivity contribution in [2.45, 2.75) is 31.7 Å². The van der Waals surface area contributed by atoms with Crippen molar-refractivity contribution < 1.29 is 9.66 Å².